The number of nitrogen functional groups attached to an aromatic ring is 1. The first-order valence-corrected chi connectivity index (χ1v) is 9.61. The van der Waals surface area contributed by atoms with Gasteiger partial charge in [0.2, 0.25) is 4.77 Å². The fraction of sp³-hybridized carbons (Fsp3) is 0.150. The molecule has 0 fully saturated rings. The van der Waals surface area contributed by atoms with Crippen molar-refractivity contribution in [1.82, 2.24) is 19.4 Å². The molecule has 0 spiro atoms. The Morgan fingerprint density at radius 1 is 1.28 bits per heavy atom. The van der Waals surface area contributed by atoms with Crippen LogP contribution in [0.15, 0.2) is 42.5 Å². The average Bonchev–Trinajstić information content (AvgIpc) is 3.16. The van der Waals surface area contributed by atoms with Crippen molar-refractivity contribution in [3.05, 3.63) is 69.3 Å². The minimum Gasteiger partial charge on any atom is -0.486 e. The number of hydrogen-bond donors (Lipinski definition) is 2. The first kappa shape index (κ1) is 19.2. The SMILES string of the molecule is CC(=O)c1c(C)n(-c2ccc(Cl)cc2)c2ccc(OCc3n[nH]c(=S)n3N)cc12. The van der Waals surface area contributed by atoms with E-state index in [1.807, 2.05) is 54.0 Å². The number of benzene rings is 2. The second kappa shape index (κ2) is 7.38. The van der Waals surface area contributed by atoms with Crippen molar-refractivity contribution in [1.29, 1.82) is 0 Å². The van der Waals surface area contributed by atoms with Crippen molar-refractivity contribution in [2.75, 3.05) is 5.84 Å². The van der Waals surface area contributed by atoms with Crippen molar-refractivity contribution in [3.8, 4) is 11.4 Å². The predicted octanol–water partition coefficient (Wildman–Crippen LogP) is 4.34. The summed E-state index contributed by atoms with van der Waals surface area (Å²) in [5.41, 5.74) is 3.34. The molecule has 7 nitrogen and oxygen atoms in total. The zero-order valence-electron chi connectivity index (χ0n) is 15.8. The van der Waals surface area contributed by atoms with Crippen LogP contribution in [-0.4, -0.2) is 25.2 Å². The van der Waals surface area contributed by atoms with Crippen LogP contribution >= 0.6 is 23.8 Å². The van der Waals surface area contributed by atoms with Crippen LogP contribution in [0.4, 0.5) is 0 Å². The molecule has 9 heteroatoms. The first-order chi connectivity index (χ1) is 13.9. The molecule has 0 amide bonds. The van der Waals surface area contributed by atoms with E-state index in [1.54, 1.807) is 6.92 Å². The number of nitrogens with one attached hydrogen (secondary N) is 1. The van der Waals surface area contributed by atoms with Crippen LogP contribution < -0.4 is 10.6 Å². The third-order valence-corrected chi connectivity index (χ3v) is 5.30. The summed E-state index contributed by atoms with van der Waals surface area (Å²) in [4.78, 5) is 12.4. The Morgan fingerprint density at radius 2 is 2.00 bits per heavy atom. The van der Waals surface area contributed by atoms with E-state index < -0.39 is 0 Å². The fourth-order valence-corrected chi connectivity index (χ4v) is 3.72. The van der Waals surface area contributed by atoms with Gasteiger partial charge in [0.25, 0.3) is 0 Å². The summed E-state index contributed by atoms with van der Waals surface area (Å²) in [6.45, 7) is 3.63. The Labute approximate surface area is 176 Å². The molecule has 0 saturated carbocycles. The molecule has 0 aliphatic heterocycles. The molecule has 0 bridgehead atoms. The van der Waals surface area contributed by atoms with Crippen molar-refractivity contribution in [2.45, 2.75) is 20.5 Å². The zero-order chi connectivity index (χ0) is 20.7. The minimum atomic E-state index is -0.0137. The van der Waals surface area contributed by atoms with E-state index in [1.165, 1.54) is 4.68 Å². The Kier molecular flexibility index (Phi) is 4.89. The van der Waals surface area contributed by atoms with Crippen LogP contribution in [0.3, 0.4) is 0 Å². The molecule has 4 aromatic rings. The van der Waals surface area contributed by atoms with Gasteiger partial charge in [0.15, 0.2) is 11.6 Å². The summed E-state index contributed by atoms with van der Waals surface area (Å²) in [5, 5.41) is 8.11. The maximum Gasteiger partial charge on any atom is 0.214 e. The molecule has 4 rings (SSSR count). The van der Waals surface area contributed by atoms with Crippen molar-refractivity contribution in [2.24, 2.45) is 0 Å². The molecule has 2 aromatic carbocycles. The Hall–Kier alpha value is -3.10. The van der Waals surface area contributed by atoms with Gasteiger partial charge in [-0.2, -0.15) is 5.10 Å². The third-order valence-electron chi connectivity index (χ3n) is 4.76. The van der Waals surface area contributed by atoms with E-state index in [0.717, 1.165) is 22.3 Å². The molecule has 2 aromatic heterocycles. The summed E-state index contributed by atoms with van der Waals surface area (Å²) in [5.74, 6) is 6.86. The van der Waals surface area contributed by atoms with Gasteiger partial charge in [-0.3, -0.25) is 9.89 Å². The molecular formula is C20H18ClN5O2S. The number of carbonyl (C=O) groups is 1. The Morgan fingerprint density at radius 3 is 2.62 bits per heavy atom. The number of halogens is 1. The summed E-state index contributed by atoms with van der Waals surface area (Å²) >= 11 is 11.0. The normalized spacial score (nSPS) is 11.1. The largest absolute Gasteiger partial charge is 0.486 e. The van der Waals surface area contributed by atoms with Gasteiger partial charge in [-0.15, -0.1) is 0 Å². The quantitative estimate of drug-likeness (QED) is 0.281. The van der Waals surface area contributed by atoms with E-state index in [4.69, 9.17) is 34.4 Å². The van der Waals surface area contributed by atoms with Gasteiger partial charge in [0.1, 0.15) is 12.4 Å². The van der Waals surface area contributed by atoms with Crippen LogP contribution in [0.5, 0.6) is 5.75 Å². The highest BCUT2D eigenvalue weighted by Crippen LogP contribution is 2.32. The number of ketones is 1. The number of carbonyl (C=O) groups excluding carboxylic acids is 1. The molecule has 0 atom stereocenters. The van der Waals surface area contributed by atoms with E-state index in [0.29, 0.717) is 26.9 Å². The summed E-state index contributed by atoms with van der Waals surface area (Å²) < 4.78 is 9.44. The molecule has 0 saturated heterocycles. The molecule has 0 unspecified atom stereocenters. The Balaban J connectivity index is 1.78. The van der Waals surface area contributed by atoms with E-state index >= 15 is 0 Å². The number of hydrogen-bond acceptors (Lipinski definition) is 5. The number of aromatic nitrogens is 4. The fourth-order valence-electron chi connectivity index (χ4n) is 3.44. The molecule has 148 valence electrons. The highest BCUT2D eigenvalue weighted by atomic mass is 35.5. The number of aromatic amines is 1. The highest BCUT2D eigenvalue weighted by Gasteiger charge is 2.19. The van der Waals surface area contributed by atoms with Gasteiger partial charge in [-0.25, -0.2) is 4.68 Å². The molecule has 0 aliphatic carbocycles. The summed E-state index contributed by atoms with van der Waals surface area (Å²) in [6.07, 6.45) is 0. The number of fused-ring (bicyclic) bond motifs is 1. The van der Waals surface area contributed by atoms with Gasteiger partial charge in [-0.05, 0) is 68.5 Å². The monoisotopic (exact) mass is 427 g/mol. The van der Waals surface area contributed by atoms with E-state index in [9.17, 15) is 4.79 Å². The van der Waals surface area contributed by atoms with Crippen molar-refractivity contribution >= 4 is 40.5 Å². The lowest BCUT2D eigenvalue weighted by atomic mass is 10.1. The van der Waals surface area contributed by atoms with Crippen molar-refractivity contribution in [3.63, 3.8) is 0 Å². The lowest BCUT2D eigenvalue weighted by Crippen LogP contribution is -2.14. The number of ether oxygens (including phenoxy) is 1. The molecular weight excluding hydrogens is 410 g/mol. The lowest BCUT2D eigenvalue weighted by molar-refractivity contribution is 0.101. The standard InChI is InChI=1S/C20H18ClN5O2S/c1-11-19(12(2)27)16-9-15(28-10-18-23-24-20(29)26(18)22)7-8-17(16)25(11)14-5-3-13(21)4-6-14/h3-9H,10,22H2,1-2H3,(H,24,29). The highest BCUT2D eigenvalue weighted by molar-refractivity contribution is 7.71. The van der Waals surface area contributed by atoms with Crippen LogP contribution in [0.25, 0.3) is 16.6 Å². The topological polar surface area (TPSA) is 90.9 Å². The number of rotatable bonds is 5. The second-order valence-electron chi connectivity index (χ2n) is 6.61. The first-order valence-electron chi connectivity index (χ1n) is 8.83. The molecule has 0 aliphatic rings. The van der Waals surface area contributed by atoms with Gasteiger partial charge >= 0.3 is 0 Å². The lowest BCUT2D eigenvalue weighted by Gasteiger charge is -2.09. The van der Waals surface area contributed by atoms with Gasteiger partial charge in [0.05, 0.1) is 5.52 Å². The minimum absolute atomic E-state index is 0.0137. The van der Waals surface area contributed by atoms with E-state index in [2.05, 4.69) is 10.2 Å². The van der Waals surface area contributed by atoms with Crippen LogP contribution in [-0.2, 0) is 6.61 Å². The molecule has 3 N–H and O–H groups in total. The Bertz CT molecular complexity index is 1290. The summed E-state index contributed by atoms with van der Waals surface area (Å²) in [7, 11) is 0. The number of nitrogens with two attached hydrogens (primary N) is 1. The number of Topliss-reactive ketones (excluding diaryl/α,β-unsaturated/α-hetero) is 1. The molecule has 0 radical (unpaired) electrons. The third kappa shape index (κ3) is 3.41. The molecule has 2 heterocycles. The second-order valence-corrected chi connectivity index (χ2v) is 7.43. The molecule has 29 heavy (non-hydrogen) atoms. The maximum absolute atomic E-state index is 12.4. The number of nitrogens with zero attached hydrogens (tertiary/aromatic N) is 3. The van der Waals surface area contributed by atoms with Crippen LogP contribution in [0, 0.1) is 11.7 Å². The van der Waals surface area contributed by atoms with Crippen LogP contribution in [0.1, 0.15) is 28.8 Å². The zero-order valence-corrected chi connectivity index (χ0v) is 17.3. The van der Waals surface area contributed by atoms with Gasteiger partial charge < -0.3 is 15.1 Å². The van der Waals surface area contributed by atoms with E-state index in [-0.39, 0.29) is 12.4 Å². The van der Waals surface area contributed by atoms with Crippen molar-refractivity contribution < 1.29 is 9.53 Å². The number of H-pyrrole nitrogens is 1. The maximum atomic E-state index is 12.4. The average molecular weight is 428 g/mol. The predicted molar refractivity (Wildman–Crippen MR) is 115 cm³/mol. The summed E-state index contributed by atoms with van der Waals surface area (Å²) in [6, 6.07) is 13.1. The smallest absolute Gasteiger partial charge is 0.214 e. The van der Waals surface area contributed by atoms with Gasteiger partial charge in [0, 0.05) is 27.4 Å². The van der Waals surface area contributed by atoms with Gasteiger partial charge in [-0.1, -0.05) is 11.6 Å². The van der Waals surface area contributed by atoms with Crippen LogP contribution in [0.2, 0.25) is 5.02 Å².